The molecule has 0 saturated carbocycles. The third-order valence-corrected chi connectivity index (χ3v) is 1.58. The van der Waals surface area contributed by atoms with Gasteiger partial charge in [0.15, 0.2) is 6.07 Å². The summed E-state index contributed by atoms with van der Waals surface area (Å²) in [6.07, 6.45) is 0. The number of rotatable bonds is 0. The monoisotopic (exact) mass is 156 g/mol. The van der Waals surface area contributed by atoms with E-state index in [0.29, 0.717) is 5.69 Å². The summed E-state index contributed by atoms with van der Waals surface area (Å²) >= 11 is 0. The van der Waals surface area contributed by atoms with Crippen molar-refractivity contribution in [2.75, 3.05) is 5.73 Å². The Hall–Kier alpha value is -1.93. The Morgan fingerprint density at radius 2 is 2.17 bits per heavy atom. The average molecular weight is 156 g/mol. The normalized spacial score (nSPS) is 8.00. The summed E-state index contributed by atoms with van der Waals surface area (Å²) < 4.78 is 0. The van der Waals surface area contributed by atoms with Crippen LogP contribution in [0.25, 0.3) is 0 Å². The number of aryl methyl sites for hydroxylation is 1. The predicted molar refractivity (Wildman–Crippen MR) is 48.1 cm³/mol. The molecule has 0 heterocycles. The van der Waals surface area contributed by atoms with Gasteiger partial charge >= 0.3 is 0 Å². The van der Waals surface area contributed by atoms with E-state index in [1.165, 1.54) is 0 Å². The largest absolute Gasteiger partial charge is 0.398 e. The van der Waals surface area contributed by atoms with Crippen LogP contribution >= 0.6 is 0 Å². The lowest BCUT2D eigenvalue weighted by atomic mass is 10.1. The summed E-state index contributed by atoms with van der Waals surface area (Å²) in [5, 5.41) is 8.22. The molecule has 0 unspecified atom stereocenters. The Morgan fingerprint density at radius 3 is 2.83 bits per heavy atom. The summed E-state index contributed by atoms with van der Waals surface area (Å²) in [7, 11) is 0. The minimum absolute atomic E-state index is 0.653. The van der Waals surface area contributed by atoms with Gasteiger partial charge in [-0.1, -0.05) is 12.1 Å². The van der Waals surface area contributed by atoms with Gasteiger partial charge < -0.3 is 5.73 Å². The van der Waals surface area contributed by atoms with Crippen molar-refractivity contribution in [3.05, 3.63) is 29.3 Å². The van der Waals surface area contributed by atoms with E-state index in [0.717, 1.165) is 11.1 Å². The highest BCUT2D eigenvalue weighted by Crippen LogP contribution is 2.14. The van der Waals surface area contributed by atoms with Crippen LogP contribution in [0.1, 0.15) is 11.1 Å². The molecule has 0 saturated heterocycles. The zero-order chi connectivity index (χ0) is 8.97. The van der Waals surface area contributed by atoms with Crippen molar-refractivity contribution in [3.8, 4) is 17.9 Å². The molecular formula is C10H8N2. The fourth-order valence-electron chi connectivity index (χ4n) is 0.885. The Morgan fingerprint density at radius 1 is 1.42 bits per heavy atom. The van der Waals surface area contributed by atoms with Crippen LogP contribution in [-0.2, 0) is 0 Å². The number of benzene rings is 1. The summed E-state index contributed by atoms with van der Waals surface area (Å²) in [6.45, 7) is 1.91. The van der Waals surface area contributed by atoms with E-state index in [1.807, 2.05) is 19.1 Å². The molecule has 58 valence electrons. The second-order valence-corrected chi connectivity index (χ2v) is 2.40. The molecule has 0 spiro atoms. The number of para-hydroxylation sites is 1. The summed E-state index contributed by atoms with van der Waals surface area (Å²) in [5.74, 6) is 4.98. The van der Waals surface area contributed by atoms with Crippen molar-refractivity contribution in [2.45, 2.75) is 6.92 Å². The van der Waals surface area contributed by atoms with Crippen molar-refractivity contribution < 1.29 is 0 Å². The molecule has 2 N–H and O–H groups in total. The Bertz CT molecular complexity index is 389. The van der Waals surface area contributed by atoms with Gasteiger partial charge in [-0.25, -0.2) is 0 Å². The third-order valence-electron chi connectivity index (χ3n) is 1.58. The maximum absolute atomic E-state index is 8.22. The first kappa shape index (κ1) is 8.17. The molecule has 0 atom stereocenters. The topological polar surface area (TPSA) is 49.8 Å². The second-order valence-electron chi connectivity index (χ2n) is 2.40. The number of nitrogen functional groups attached to an aromatic ring is 1. The second kappa shape index (κ2) is 3.46. The van der Waals surface area contributed by atoms with Gasteiger partial charge in [0.05, 0.1) is 5.69 Å². The highest BCUT2D eigenvalue weighted by atomic mass is 14.6. The van der Waals surface area contributed by atoms with Crippen molar-refractivity contribution in [1.29, 1.82) is 5.26 Å². The fourth-order valence-corrected chi connectivity index (χ4v) is 0.885. The molecule has 1 rings (SSSR count). The first-order valence-corrected chi connectivity index (χ1v) is 3.51. The van der Waals surface area contributed by atoms with E-state index in [4.69, 9.17) is 11.0 Å². The van der Waals surface area contributed by atoms with Gasteiger partial charge in [0.25, 0.3) is 0 Å². The van der Waals surface area contributed by atoms with Crippen LogP contribution in [0.15, 0.2) is 18.2 Å². The van der Waals surface area contributed by atoms with Gasteiger partial charge in [-0.05, 0) is 24.5 Å². The molecule has 0 radical (unpaired) electrons. The molecule has 0 aliphatic heterocycles. The molecule has 1 aromatic carbocycles. The molecular weight excluding hydrogens is 148 g/mol. The van der Waals surface area contributed by atoms with Crippen LogP contribution in [-0.4, -0.2) is 0 Å². The highest BCUT2D eigenvalue weighted by molar-refractivity contribution is 5.60. The summed E-state index contributed by atoms with van der Waals surface area (Å²) in [4.78, 5) is 0. The Kier molecular flexibility index (Phi) is 2.35. The summed E-state index contributed by atoms with van der Waals surface area (Å²) in [6, 6.07) is 7.32. The number of nitriles is 1. The SMILES string of the molecule is Cc1cccc(C#CC#N)c1N. The first-order valence-electron chi connectivity index (χ1n) is 3.51. The van der Waals surface area contributed by atoms with Gasteiger partial charge in [-0.2, -0.15) is 5.26 Å². The van der Waals surface area contributed by atoms with E-state index in [1.54, 1.807) is 12.1 Å². The molecule has 0 bridgehead atoms. The lowest BCUT2D eigenvalue weighted by Gasteiger charge is -2.00. The van der Waals surface area contributed by atoms with Crippen LogP contribution in [0.2, 0.25) is 0 Å². The van der Waals surface area contributed by atoms with Crippen LogP contribution in [0.4, 0.5) is 5.69 Å². The maximum Gasteiger partial charge on any atom is 0.152 e. The fraction of sp³-hybridized carbons (Fsp3) is 0.100. The average Bonchev–Trinajstić information content (AvgIpc) is 2.08. The molecule has 2 heteroatoms. The first-order chi connectivity index (χ1) is 5.75. The van der Waals surface area contributed by atoms with Gasteiger partial charge in [-0.3, -0.25) is 0 Å². The molecule has 12 heavy (non-hydrogen) atoms. The van der Waals surface area contributed by atoms with Crippen molar-refractivity contribution in [3.63, 3.8) is 0 Å². The highest BCUT2D eigenvalue weighted by Gasteiger charge is 1.96. The van der Waals surface area contributed by atoms with Gasteiger partial charge in [0.2, 0.25) is 0 Å². The maximum atomic E-state index is 8.22. The lowest BCUT2D eigenvalue weighted by Crippen LogP contribution is -1.92. The van der Waals surface area contributed by atoms with Crippen LogP contribution in [0, 0.1) is 30.1 Å². The Balaban J connectivity index is 3.19. The number of nitrogens with two attached hydrogens (primary N) is 1. The van der Waals surface area contributed by atoms with E-state index in [2.05, 4.69) is 11.8 Å². The molecule has 0 amide bonds. The number of anilines is 1. The van der Waals surface area contributed by atoms with Gasteiger partial charge in [-0.15, -0.1) is 0 Å². The molecule has 0 fully saturated rings. The molecule has 1 aromatic rings. The molecule has 0 aliphatic rings. The summed E-state index contributed by atoms with van der Waals surface area (Å²) in [5.41, 5.74) is 8.07. The van der Waals surface area contributed by atoms with E-state index in [-0.39, 0.29) is 0 Å². The quantitative estimate of drug-likeness (QED) is 0.456. The van der Waals surface area contributed by atoms with Crippen LogP contribution in [0.3, 0.4) is 0 Å². The molecule has 0 aliphatic carbocycles. The standard InChI is InChI=1S/C10H8N2/c1-8-4-2-5-9(10(8)12)6-3-7-11/h2,4-5H,12H2,1H3. The van der Waals surface area contributed by atoms with Gasteiger partial charge in [0, 0.05) is 11.5 Å². The third kappa shape index (κ3) is 1.56. The van der Waals surface area contributed by atoms with Crippen LogP contribution in [0.5, 0.6) is 0 Å². The number of nitrogens with zero attached hydrogens (tertiary/aromatic N) is 1. The van der Waals surface area contributed by atoms with Gasteiger partial charge in [0.1, 0.15) is 0 Å². The van der Waals surface area contributed by atoms with Crippen LogP contribution < -0.4 is 5.73 Å². The number of hydrogen-bond acceptors (Lipinski definition) is 2. The minimum atomic E-state index is 0.653. The van der Waals surface area contributed by atoms with Crippen molar-refractivity contribution in [1.82, 2.24) is 0 Å². The minimum Gasteiger partial charge on any atom is -0.398 e. The smallest absolute Gasteiger partial charge is 0.152 e. The van der Waals surface area contributed by atoms with E-state index < -0.39 is 0 Å². The van der Waals surface area contributed by atoms with E-state index >= 15 is 0 Å². The zero-order valence-electron chi connectivity index (χ0n) is 6.76. The van der Waals surface area contributed by atoms with Crippen molar-refractivity contribution >= 4 is 5.69 Å². The number of hydrogen-bond donors (Lipinski definition) is 1. The Labute approximate surface area is 71.6 Å². The predicted octanol–water partition coefficient (Wildman–Crippen LogP) is 1.45. The molecule has 2 nitrogen and oxygen atoms in total. The van der Waals surface area contributed by atoms with E-state index in [9.17, 15) is 0 Å². The molecule has 0 aromatic heterocycles. The van der Waals surface area contributed by atoms with Crippen molar-refractivity contribution in [2.24, 2.45) is 0 Å². The zero-order valence-corrected chi connectivity index (χ0v) is 6.76. The lowest BCUT2D eigenvalue weighted by molar-refractivity contribution is 1.45.